The van der Waals surface area contributed by atoms with Crippen molar-refractivity contribution in [1.82, 2.24) is 5.32 Å². The van der Waals surface area contributed by atoms with Gasteiger partial charge in [0.1, 0.15) is 0 Å². The summed E-state index contributed by atoms with van der Waals surface area (Å²) in [6, 6.07) is 13.1. The second kappa shape index (κ2) is 9.49. The van der Waals surface area contributed by atoms with Gasteiger partial charge in [0.05, 0.1) is 6.54 Å². The van der Waals surface area contributed by atoms with Gasteiger partial charge in [0.25, 0.3) is 0 Å². The Kier molecular flexibility index (Phi) is 7.34. The van der Waals surface area contributed by atoms with Crippen LogP contribution in [0.15, 0.2) is 47.4 Å². The Morgan fingerprint density at radius 2 is 1.72 bits per heavy atom. The minimum atomic E-state index is -0.266. The highest BCUT2D eigenvalue weighted by molar-refractivity contribution is 7.99. The second-order valence-electron chi connectivity index (χ2n) is 5.68. The minimum Gasteiger partial charge on any atom is -0.347 e. The van der Waals surface area contributed by atoms with E-state index in [4.69, 9.17) is 11.6 Å². The maximum Gasteiger partial charge on any atom is 0.243 e. The zero-order valence-electron chi connectivity index (χ0n) is 14.3. The van der Waals surface area contributed by atoms with Gasteiger partial charge in [-0.15, -0.1) is 11.8 Å². The molecular weight excluding hydrogens is 356 g/mol. The summed E-state index contributed by atoms with van der Waals surface area (Å²) in [6.07, 6.45) is 0.367. The van der Waals surface area contributed by atoms with Gasteiger partial charge in [0.2, 0.25) is 11.8 Å². The van der Waals surface area contributed by atoms with Gasteiger partial charge in [0.15, 0.2) is 0 Å². The van der Waals surface area contributed by atoms with Crippen LogP contribution in [0.4, 0.5) is 5.69 Å². The number of carbonyl (C=O) groups is 2. The summed E-state index contributed by atoms with van der Waals surface area (Å²) < 4.78 is 0. The van der Waals surface area contributed by atoms with Crippen LogP contribution in [0.1, 0.15) is 17.5 Å². The van der Waals surface area contributed by atoms with Crippen LogP contribution in [0.2, 0.25) is 5.02 Å². The number of anilines is 1. The lowest BCUT2D eigenvalue weighted by atomic mass is 10.1. The maximum atomic E-state index is 11.8. The molecule has 0 radical (unpaired) electrons. The zero-order valence-corrected chi connectivity index (χ0v) is 15.8. The van der Waals surface area contributed by atoms with Crippen molar-refractivity contribution in [2.24, 2.45) is 0 Å². The van der Waals surface area contributed by atoms with E-state index in [2.05, 4.69) is 42.7 Å². The summed E-state index contributed by atoms with van der Waals surface area (Å²) >= 11 is 7.42. The predicted molar refractivity (Wildman–Crippen MR) is 104 cm³/mol. The van der Waals surface area contributed by atoms with Crippen molar-refractivity contribution in [3.63, 3.8) is 0 Å². The molecule has 25 heavy (non-hydrogen) atoms. The fraction of sp³-hybridized carbons (Fsp3) is 0.263. The molecule has 4 nitrogen and oxygen atoms in total. The monoisotopic (exact) mass is 376 g/mol. The molecule has 2 aromatic carbocycles. The average Bonchev–Trinajstić information content (AvgIpc) is 2.58. The fourth-order valence-corrected chi connectivity index (χ4v) is 3.14. The molecule has 2 N–H and O–H groups in total. The maximum absolute atomic E-state index is 11.8. The number of halogens is 1. The van der Waals surface area contributed by atoms with Crippen LogP contribution in [0.3, 0.4) is 0 Å². The highest BCUT2D eigenvalue weighted by atomic mass is 35.5. The second-order valence-corrected chi connectivity index (χ2v) is 7.28. The largest absolute Gasteiger partial charge is 0.347 e. The van der Waals surface area contributed by atoms with E-state index in [-0.39, 0.29) is 18.4 Å². The van der Waals surface area contributed by atoms with Crippen molar-refractivity contribution in [2.45, 2.75) is 25.2 Å². The first kappa shape index (κ1) is 19.3. The lowest BCUT2D eigenvalue weighted by Crippen LogP contribution is -2.32. The molecule has 0 bridgehead atoms. The number of carbonyl (C=O) groups excluding carboxylic acids is 2. The zero-order chi connectivity index (χ0) is 18.2. The Morgan fingerprint density at radius 1 is 1.00 bits per heavy atom. The number of hydrogen-bond acceptors (Lipinski definition) is 3. The molecule has 2 aromatic rings. The number of rotatable bonds is 7. The molecule has 132 valence electrons. The number of thioether (sulfide) groups is 1. The van der Waals surface area contributed by atoms with Crippen LogP contribution in [0.5, 0.6) is 0 Å². The van der Waals surface area contributed by atoms with Gasteiger partial charge in [-0.3, -0.25) is 9.59 Å². The number of hydrogen-bond donors (Lipinski definition) is 2. The van der Waals surface area contributed by atoms with Crippen LogP contribution in [-0.4, -0.2) is 24.1 Å². The molecule has 6 heteroatoms. The number of nitrogens with one attached hydrogen (secondary N) is 2. The van der Waals surface area contributed by atoms with Crippen molar-refractivity contribution in [2.75, 3.05) is 17.6 Å². The molecule has 0 spiro atoms. The van der Waals surface area contributed by atoms with Crippen molar-refractivity contribution >= 4 is 40.9 Å². The lowest BCUT2D eigenvalue weighted by molar-refractivity contribution is -0.123. The van der Waals surface area contributed by atoms with Crippen LogP contribution in [-0.2, 0) is 9.59 Å². The SMILES string of the molecule is Cc1ccc(SCCC(=O)NCC(=O)Nc2ccc(Cl)cc2)cc1C. The summed E-state index contributed by atoms with van der Waals surface area (Å²) in [5.41, 5.74) is 3.15. The Labute approximate surface area is 157 Å². The normalized spacial score (nSPS) is 10.4. The van der Waals surface area contributed by atoms with Crippen molar-refractivity contribution in [1.29, 1.82) is 0 Å². The first-order valence-electron chi connectivity index (χ1n) is 7.96. The van der Waals surface area contributed by atoms with E-state index in [1.807, 2.05) is 0 Å². The number of benzene rings is 2. The van der Waals surface area contributed by atoms with Gasteiger partial charge in [-0.2, -0.15) is 0 Å². The van der Waals surface area contributed by atoms with E-state index in [0.717, 1.165) is 4.90 Å². The van der Waals surface area contributed by atoms with Crippen molar-refractivity contribution in [3.8, 4) is 0 Å². The smallest absolute Gasteiger partial charge is 0.243 e. The summed E-state index contributed by atoms with van der Waals surface area (Å²) in [7, 11) is 0. The van der Waals surface area contributed by atoms with E-state index in [0.29, 0.717) is 22.9 Å². The Morgan fingerprint density at radius 3 is 2.40 bits per heavy atom. The first-order valence-corrected chi connectivity index (χ1v) is 9.32. The predicted octanol–water partition coefficient (Wildman–Crippen LogP) is 4.19. The van der Waals surface area contributed by atoms with E-state index in [1.165, 1.54) is 11.1 Å². The van der Waals surface area contributed by atoms with Gasteiger partial charge in [-0.05, 0) is 61.4 Å². The van der Waals surface area contributed by atoms with Gasteiger partial charge in [0, 0.05) is 27.8 Å². The minimum absolute atomic E-state index is 0.0459. The van der Waals surface area contributed by atoms with Crippen LogP contribution < -0.4 is 10.6 Å². The van der Waals surface area contributed by atoms with E-state index in [1.54, 1.807) is 36.0 Å². The van der Waals surface area contributed by atoms with Crippen LogP contribution in [0, 0.1) is 13.8 Å². The highest BCUT2D eigenvalue weighted by Crippen LogP contribution is 2.21. The molecule has 0 atom stereocenters. The first-order chi connectivity index (χ1) is 11.9. The molecule has 0 unspecified atom stereocenters. The summed E-state index contributed by atoms with van der Waals surface area (Å²) in [4.78, 5) is 24.8. The van der Waals surface area contributed by atoms with Crippen LogP contribution in [0.25, 0.3) is 0 Å². The third kappa shape index (κ3) is 6.80. The van der Waals surface area contributed by atoms with Crippen LogP contribution >= 0.6 is 23.4 Å². The molecule has 2 rings (SSSR count). The molecule has 0 heterocycles. The molecular formula is C19H21ClN2O2S. The molecule has 0 aliphatic rings. The number of amides is 2. The summed E-state index contributed by atoms with van der Waals surface area (Å²) in [6.45, 7) is 4.10. The Hall–Kier alpha value is -1.98. The van der Waals surface area contributed by atoms with Crippen molar-refractivity contribution in [3.05, 3.63) is 58.6 Å². The molecule has 2 amide bonds. The number of aryl methyl sites for hydroxylation is 2. The summed E-state index contributed by atoms with van der Waals surface area (Å²) in [5.74, 6) is 0.271. The summed E-state index contributed by atoms with van der Waals surface area (Å²) in [5, 5.41) is 5.94. The van der Waals surface area contributed by atoms with Gasteiger partial charge >= 0.3 is 0 Å². The molecule has 0 saturated carbocycles. The molecule has 0 aliphatic heterocycles. The van der Waals surface area contributed by atoms with Gasteiger partial charge in [-0.25, -0.2) is 0 Å². The van der Waals surface area contributed by atoms with E-state index >= 15 is 0 Å². The molecule has 0 fully saturated rings. The highest BCUT2D eigenvalue weighted by Gasteiger charge is 2.07. The van der Waals surface area contributed by atoms with Gasteiger partial charge < -0.3 is 10.6 Å². The third-order valence-electron chi connectivity index (χ3n) is 3.65. The van der Waals surface area contributed by atoms with E-state index < -0.39 is 0 Å². The average molecular weight is 377 g/mol. The standard InChI is InChI=1S/C19H21ClN2O2S/c1-13-3-8-17(11-14(13)2)25-10-9-18(23)21-12-19(24)22-16-6-4-15(20)5-7-16/h3-8,11H,9-10,12H2,1-2H3,(H,21,23)(H,22,24). The van der Waals surface area contributed by atoms with E-state index in [9.17, 15) is 9.59 Å². The third-order valence-corrected chi connectivity index (χ3v) is 4.90. The topological polar surface area (TPSA) is 58.2 Å². The lowest BCUT2D eigenvalue weighted by Gasteiger charge is -2.08. The molecule has 0 saturated heterocycles. The molecule has 0 aromatic heterocycles. The quantitative estimate of drug-likeness (QED) is 0.712. The van der Waals surface area contributed by atoms with Crippen molar-refractivity contribution < 1.29 is 9.59 Å². The molecule has 0 aliphatic carbocycles. The Bertz CT molecular complexity index is 748. The Balaban J connectivity index is 1.67. The fourth-order valence-electron chi connectivity index (χ4n) is 2.07. The van der Waals surface area contributed by atoms with Gasteiger partial charge in [-0.1, -0.05) is 17.7 Å².